The number of nitrogens with zero attached hydrogens (tertiary/aromatic N) is 2. The average Bonchev–Trinajstić information content (AvgIpc) is 2.66. The molecular weight excluding hydrogens is 186 g/mol. The van der Waals surface area contributed by atoms with E-state index in [1.165, 1.54) is 5.69 Å². The molecular formula is C12H17N3. The van der Waals surface area contributed by atoms with Gasteiger partial charge in [0.05, 0.1) is 18.0 Å². The minimum absolute atomic E-state index is 0.392. The van der Waals surface area contributed by atoms with Crippen molar-refractivity contribution in [2.24, 2.45) is 11.7 Å². The van der Waals surface area contributed by atoms with E-state index in [9.17, 15) is 0 Å². The lowest BCUT2D eigenvalue weighted by Crippen LogP contribution is -2.20. The van der Waals surface area contributed by atoms with Crippen LogP contribution in [-0.2, 0) is 0 Å². The van der Waals surface area contributed by atoms with E-state index in [0.717, 1.165) is 5.52 Å². The minimum atomic E-state index is 0.392. The summed E-state index contributed by atoms with van der Waals surface area (Å²) in [7, 11) is 0. The van der Waals surface area contributed by atoms with Crippen LogP contribution in [0, 0.1) is 5.92 Å². The summed E-state index contributed by atoms with van der Waals surface area (Å²) < 4.78 is 2.12. The van der Waals surface area contributed by atoms with E-state index >= 15 is 0 Å². The van der Waals surface area contributed by atoms with Gasteiger partial charge in [-0.05, 0) is 18.1 Å². The van der Waals surface area contributed by atoms with E-state index in [2.05, 4.69) is 41.4 Å². The summed E-state index contributed by atoms with van der Waals surface area (Å²) in [6.45, 7) is 5.08. The zero-order valence-electron chi connectivity index (χ0n) is 9.22. The highest BCUT2D eigenvalue weighted by Gasteiger charge is 2.16. The summed E-state index contributed by atoms with van der Waals surface area (Å²) in [6, 6.07) is 6.26. The Hall–Kier alpha value is -1.35. The first-order chi connectivity index (χ1) is 7.24. The Morgan fingerprint density at radius 2 is 2.20 bits per heavy atom. The first kappa shape index (κ1) is 10.2. The van der Waals surface area contributed by atoms with Crippen LogP contribution in [-0.4, -0.2) is 15.9 Å². The van der Waals surface area contributed by atoms with E-state index in [0.29, 0.717) is 18.4 Å². The molecule has 0 spiro atoms. The molecule has 0 bridgehead atoms. The van der Waals surface area contributed by atoms with Crippen molar-refractivity contribution < 1.29 is 0 Å². The van der Waals surface area contributed by atoms with E-state index in [1.54, 1.807) is 0 Å². The minimum Gasteiger partial charge on any atom is -0.330 e. The van der Waals surface area contributed by atoms with Gasteiger partial charge in [0, 0.05) is 18.2 Å². The van der Waals surface area contributed by atoms with E-state index < -0.39 is 0 Å². The van der Waals surface area contributed by atoms with Crippen LogP contribution in [0.2, 0.25) is 0 Å². The standard InChI is InChI=1S/C12H17N3/c1-9(2)11(6-13)12-5-3-4-10-7-14-8-15(10)12/h3-5,7-9,11H,6,13H2,1-2H3. The van der Waals surface area contributed by atoms with Gasteiger partial charge in [-0.2, -0.15) is 0 Å². The van der Waals surface area contributed by atoms with E-state index in [4.69, 9.17) is 5.73 Å². The first-order valence-electron chi connectivity index (χ1n) is 5.35. The summed E-state index contributed by atoms with van der Waals surface area (Å²) in [5.74, 6) is 0.936. The lowest BCUT2D eigenvalue weighted by atomic mass is 9.92. The Morgan fingerprint density at radius 1 is 1.40 bits per heavy atom. The fraction of sp³-hybridized carbons (Fsp3) is 0.417. The summed E-state index contributed by atoms with van der Waals surface area (Å²) in [6.07, 6.45) is 3.73. The highest BCUT2D eigenvalue weighted by atomic mass is 15.0. The third kappa shape index (κ3) is 1.75. The first-order valence-corrected chi connectivity index (χ1v) is 5.35. The van der Waals surface area contributed by atoms with Gasteiger partial charge in [0.2, 0.25) is 0 Å². The van der Waals surface area contributed by atoms with Crippen molar-refractivity contribution >= 4 is 5.52 Å². The predicted molar refractivity (Wildman–Crippen MR) is 61.8 cm³/mol. The van der Waals surface area contributed by atoms with Gasteiger partial charge in [0.1, 0.15) is 0 Å². The number of rotatable bonds is 3. The van der Waals surface area contributed by atoms with Crippen molar-refractivity contribution in [2.75, 3.05) is 6.54 Å². The molecule has 0 saturated carbocycles. The molecule has 2 N–H and O–H groups in total. The molecule has 0 aromatic carbocycles. The Kier molecular flexibility index (Phi) is 2.73. The second kappa shape index (κ2) is 4.03. The molecule has 0 aliphatic heterocycles. The Bertz CT molecular complexity index is 445. The smallest absolute Gasteiger partial charge is 0.0994 e. The quantitative estimate of drug-likeness (QED) is 0.829. The lowest BCUT2D eigenvalue weighted by molar-refractivity contribution is 0.491. The molecule has 2 aromatic rings. The van der Waals surface area contributed by atoms with Crippen LogP contribution < -0.4 is 5.73 Å². The van der Waals surface area contributed by atoms with E-state index in [1.807, 2.05) is 12.5 Å². The largest absolute Gasteiger partial charge is 0.330 e. The number of hydrogen-bond donors (Lipinski definition) is 1. The van der Waals surface area contributed by atoms with Crippen LogP contribution in [0.1, 0.15) is 25.5 Å². The van der Waals surface area contributed by atoms with Crippen molar-refractivity contribution in [1.82, 2.24) is 9.38 Å². The Morgan fingerprint density at radius 3 is 2.87 bits per heavy atom. The molecule has 0 aliphatic rings. The van der Waals surface area contributed by atoms with Crippen LogP contribution in [0.15, 0.2) is 30.7 Å². The fourth-order valence-corrected chi connectivity index (χ4v) is 2.01. The number of aromatic nitrogens is 2. The van der Waals surface area contributed by atoms with Gasteiger partial charge in [-0.3, -0.25) is 0 Å². The second-order valence-electron chi connectivity index (χ2n) is 4.23. The van der Waals surface area contributed by atoms with Gasteiger partial charge in [-0.15, -0.1) is 0 Å². The molecule has 2 aromatic heterocycles. The molecule has 3 heteroatoms. The molecule has 0 fully saturated rings. The number of hydrogen-bond acceptors (Lipinski definition) is 2. The van der Waals surface area contributed by atoms with Crippen LogP contribution >= 0.6 is 0 Å². The molecule has 2 rings (SSSR count). The van der Waals surface area contributed by atoms with Gasteiger partial charge in [0.25, 0.3) is 0 Å². The molecule has 80 valence electrons. The zero-order chi connectivity index (χ0) is 10.8. The maximum absolute atomic E-state index is 5.83. The third-order valence-corrected chi connectivity index (χ3v) is 2.92. The summed E-state index contributed by atoms with van der Waals surface area (Å²) in [4.78, 5) is 4.16. The van der Waals surface area contributed by atoms with Crippen molar-refractivity contribution in [3.05, 3.63) is 36.4 Å². The Labute approximate surface area is 89.9 Å². The third-order valence-electron chi connectivity index (χ3n) is 2.92. The lowest BCUT2D eigenvalue weighted by Gasteiger charge is -2.20. The molecule has 1 unspecified atom stereocenters. The second-order valence-corrected chi connectivity index (χ2v) is 4.23. The molecule has 0 saturated heterocycles. The predicted octanol–water partition coefficient (Wildman–Crippen LogP) is 2.03. The highest BCUT2D eigenvalue weighted by molar-refractivity contribution is 5.46. The van der Waals surface area contributed by atoms with Gasteiger partial charge in [-0.1, -0.05) is 19.9 Å². The van der Waals surface area contributed by atoms with Gasteiger partial charge in [-0.25, -0.2) is 4.98 Å². The van der Waals surface area contributed by atoms with Gasteiger partial charge < -0.3 is 10.1 Å². The van der Waals surface area contributed by atoms with Crippen molar-refractivity contribution in [3.8, 4) is 0 Å². The molecule has 0 amide bonds. The van der Waals surface area contributed by atoms with Crippen LogP contribution in [0.25, 0.3) is 5.52 Å². The van der Waals surface area contributed by atoms with Crippen molar-refractivity contribution in [1.29, 1.82) is 0 Å². The van der Waals surface area contributed by atoms with Crippen molar-refractivity contribution in [2.45, 2.75) is 19.8 Å². The monoisotopic (exact) mass is 203 g/mol. The van der Waals surface area contributed by atoms with Crippen LogP contribution in [0.3, 0.4) is 0 Å². The maximum Gasteiger partial charge on any atom is 0.0994 e. The fourth-order valence-electron chi connectivity index (χ4n) is 2.01. The molecule has 2 heterocycles. The van der Waals surface area contributed by atoms with E-state index in [-0.39, 0.29) is 0 Å². The summed E-state index contributed by atoms with van der Waals surface area (Å²) in [5.41, 5.74) is 8.22. The molecule has 0 aliphatic carbocycles. The topological polar surface area (TPSA) is 43.3 Å². The number of fused-ring (bicyclic) bond motifs is 1. The molecule has 3 nitrogen and oxygen atoms in total. The average molecular weight is 203 g/mol. The summed E-state index contributed by atoms with van der Waals surface area (Å²) >= 11 is 0. The normalized spacial score (nSPS) is 13.6. The van der Waals surface area contributed by atoms with Crippen LogP contribution in [0.5, 0.6) is 0 Å². The summed E-state index contributed by atoms with van der Waals surface area (Å²) in [5, 5.41) is 0. The van der Waals surface area contributed by atoms with Crippen molar-refractivity contribution in [3.63, 3.8) is 0 Å². The molecule has 1 atom stereocenters. The number of pyridine rings is 1. The van der Waals surface area contributed by atoms with Gasteiger partial charge in [0.15, 0.2) is 0 Å². The molecule has 0 radical (unpaired) electrons. The Balaban J connectivity index is 2.54. The zero-order valence-corrected chi connectivity index (χ0v) is 9.22. The van der Waals surface area contributed by atoms with Gasteiger partial charge >= 0.3 is 0 Å². The highest BCUT2D eigenvalue weighted by Crippen LogP contribution is 2.23. The number of nitrogens with two attached hydrogens (primary N) is 1. The number of imidazole rings is 1. The van der Waals surface area contributed by atoms with Crippen LogP contribution in [0.4, 0.5) is 0 Å². The molecule has 15 heavy (non-hydrogen) atoms. The maximum atomic E-state index is 5.83. The SMILES string of the molecule is CC(C)C(CN)c1cccc2cncn12.